The van der Waals surface area contributed by atoms with Gasteiger partial charge in [-0.3, -0.25) is 0 Å². The third-order valence-corrected chi connectivity index (χ3v) is 6.98. The topological polar surface area (TPSA) is 35.5 Å². The zero-order chi connectivity index (χ0) is 35.7. The lowest BCUT2D eigenvalue weighted by Crippen LogP contribution is -2.70. The number of carbonyl (C=O) groups is 1. The Bertz CT molecular complexity index is 1360. The number of rotatable bonds is 17. The van der Waals surface area contributed by atoms with Gasteiger partial charge in [0.1, 0.15) is 5.75 Å². The third kappa shape index (κ3) is 9.42. The second-order valence-corrected chi connectivity index (χ2v) is 10.8. The van der Waals surface area contributed by atoms with Crippen molar-refractivity contribution in [1.82, 2.24) is 0 Å². The lowest BCUT2D eigenvalue weighted by atomic mass is 9.93. The van der Waals surface area contributed by atoms with Gasteiger partial charge in [-0.1, -0.05) is 50.9 Å². The number of hydrogen-bond acceptors (Lipinski definition) is 3. The first kappa shape index (κ1) is 39.9. The summed E-state index contributed by atoms with van der Waals surface area (Å²) in [4.78, 5) is 12.1. The molecule has 0 N–H and O–H groups in total. The second-order valence-electron chi connectivity index (χ2n) is 10.4. The quantitative estimate of drug-likeness (QED) is 0.0539. The molecular weight excluding hydrogens is 684 g/mol. The minimum Gasteiger partial charge on any atom is -0.494 e. The van der Waals surface area contributed by atoms with Crippen molar-refractivity contribution in [2.45, 2.75) is 86.9 Å². The Labute approximate surface area is 267 Å². The molecule has 0 radical (unpaired) electrons. The average molecular weight is 713 g/mol. The van der Waals surface area contributed by atoms with Gasteiger partial charge in [-0.05, 0) is 66.6 Å². The van der Waals surface area contributed by atoms with Gasteiger partial charge < -0.3 is 9.47 Å². The average Bonchev–Trinajstić information content (AvgIpc) is 2.99. The molecule has 0 bridgehead atoms. The molecule has 0 aliphatic carbocycles. The number of hydrogen-bond donors (Lipinski definition) is 0. The minimum atomic E-state index is -7.75. The Morgan fingerprint density at radius 1 is 0.638 bits per heavy atom. The fourth-order valence-electron chi connectivity index (χ4n) is 3.86. The fourth-order valence-corrected chi connectivity index (χ4v) is 3.97. The van der Waals surface area contributed by atoms with Gasteiger partial charge in [0, 0.05) is 11.1 Å². The number of alkyl halides is 13. The van der Waals surface area contributed by atoms with Crippen LogP contribution in [-0.4, -0.2) is 54.2 Å². The largest absolute Gasteiger partial charge is 0.494 e. The van der Waals surface area contributed by atoms with Gasteiger partial charge in [0.2, 0.25) is 0 Å². The van der Waals surface area contributed by atoms with Crippen molar-refractivity contribution in [3.63, 3.8) is 0 Å². The molecule has 47 heavy (non-hydrogen) atoms. The van der Waals surface area contributed by atoms with Crippen molar-refractivity contribution >= 4 is 17.6 Å². The summed E-state index contributed by atoms with van der Waals surface area (Å²) in [5.41, 5.74) is 0.624. The lowest BCUT2D eigenvalue weighted by Gasteiger charge is -2.40. The summed E-state index contributed by atoms with van der Waals surface area (Å²) in [5, 5.41) is -6.52. The molecule has 0 aromatic heterocycles. The van der Waals surface area contributed by atoms with Crippen LogP contribution in [0, 0.1) is 11.8 Å². The molecule has 0 saturated carbocycles. The molecule has 0 atom stereocenters. The molecule has 2 rings (SSSR count). The number of ether oxygens (including phenoxy) is 2. The SMILES string of the molecule is CCCCCCCCOc1ccc(C#Cc2ccc(C(=O)OCCC(F)(F)C(F)(F)C(F)(F)C(F)(F)C(F)(F)C(F)(F)Cl)cc2)cc1. The lowest BCUT2D eigenvalue weighted by molar-refractivity contribution is -0.417. The van der Waals surface area contributed by atoms with Gasteiger partial charge in [-0.15, -0.1) is 0 Å². The number of unbranched alkanes of at least 4 members (excludes halogenated alkanes) is 5. The molecule has 16 heteroatoms. The van der Waals surface area contributed by atoms with Gasteiger partial charge in [0.15, 0.2) is 0 Å². The summed E-state index contributed by atoms with van der Waals surface area (Å²) < 4.78 is 171. The van der Waals surface area contributed by atoms with Gasteiger partial charge in [-0.2, -0.15) is 52.7 Å². The monoisotopic (exact) mass is 712 g/mol. The molecule has 0 unspecified atom stereocenters. The van der Waals surface area contributed by atoms with Crippen molar-refractivity contribution in [2.24, 2.45) is 0 Å². The van der Waals surface area contributed by atoms with Crippen LogP contribution in [0.2, 0.25) is 0 Å². The Morgan fingerprint density at radius 2 is 1.11 bits per heavy atom. The second kappa shape index (κ2) is 15.7. The number of benzene rings is 2. The Hall–Kier alpha value is -3.28. The maximum atomic E-state index is 13.9. The fraction of sp³-hybridized carbons (Fsp3) is 0.516. The van der Waals surface area contributed by atoms with Crippen LogP contribution in [-0.2, 0) is 4.74 Å². The van der Waals surface area contributed by atoms with Crippen LogP contribution in [0.4, 0.5) is 52.7 Å². The van der Waals surface area contributed by atoms with E-state index < -0.39 is 54.0 Å². The highest BCUT2D eigenvalue weighted by atomic mass is 35.5. The maximum Gasteiger partial charge on any atom is 0.393 e. The van der Waals surface area contributed by atoms with E-state index in [4.69, 9.17) is 4.74 Å². The van der Waals surface area contributed by atoms with Crippen LogP contribution in [0.15, 0.2) is 48.5 Å². The predicted octanol–water partition coefficient (Wildman–Crippen LogP) is 10.4. The van der Waals surface area contributed by atoms with Gasteiger partial charge in [-0.25, -0.2) is 4.79 Å². The van der Waals surface area contributed by atoms with Crippen LogP contribution >= 0.6 is 11.6 Å². The molecule has 0 spiro atoms. The molecule has 0 saturated heterocycles. The van der Waals surface area contributed by atoms with E-state index in [1.54, 1.807) is 24.3 Å². The highest BCUT2D eigenvalue weighted by Crippen LogP contribution is 2.61. The molecule has 0 heterocycles. The maximum absolute atomic E-state index is 13.9. The van der Waals surface area contributed by atoms with E-state index in [0.717, 1.165) is 31.4 Å². The predicted molar refractivity (Wildman–Crippen MR) is 148 cm³/mol. The zero-order valence-corrected chi connectivity index (χ0v) is 25.4. The van der Waals surface area contributed by atoms with Crippen LogP contribution in [0.3, 0.4) is 0 Å². The van der Waals surface area contributed by atoms with Gasteiger partial charge in [0.05, 0.1) is 25.2 Å². The summed E-state index contributed by atoms with van der Waals surface area (Å²) in [5.74, 6) is -31.6. The molecule has 3 nitrogen and oxygen atoms in total. The molecule has 2 aromatic rings. The molecule has 262 valence electrons. The van der Waals surface area contributed by atoms with Crippen molar-refractivity contribution in [2.75, 3.05) is 13.2 Å². The van der Waals surface area contributed by atoms with Crippen LogP contribution in [0.1, 0.15) is 73.4 Å². The molecule has 0 amide bonds. The standard InChI is InChI=1S/C31H29ClF12O3/c1-2-3-4-5-6-7-19-46-24-16-12-22(13-17-24)9-8-21-10-14-23(15-11-21)25(45)47-20-18-26(33,34)27(35,36)28(37,38)29(39,40)30(41,42)31(32,43)44/h10-17H,2-7,18-20H2,1H3. The first-order valence-electron chi connectivity index (χ1n) is 14.1. The van der Waals surface area contributed by atoms with E-state index in [0.29, 0.717) is 23.5 Å². The molecule has 0 aliphatic rings. The highest BCUT2D eigenvalue weighted by Gasteiger charge is 2.89. The van der Waals surface area contributed by atoms with Crippen LogP contribution in [0.25, 0.3) is 0 Å². The van der Waals surface area contributed by atoms with Crippen LogP contribution in [0.5, 0.6) is 5.75 Å². The minimum absolute atomic E-state index is 0.349. The summed E-state index contributed by atoms with van der Waals surface area (Å²) in [7, 11) is 0. The van der Waals surface area contributed by atoms with Crippen molar-refractivity contribution in [1.29, 1.82) is 0 Å². The van der Waals surface area contributed by atoms with Gasteiger partial charge >= 0.3 is 41.0 Å². The van der Waals surface area contributed by atoms with Crippen molar-refractivity contribution in [3.8, 4) is 17.6 Å². The first-order chi connectivity index (χ1) is 21.6. The number of carbonyl (C=O) groups excluding carboxylic acids is 1. The van der Waals surface area contributed by atoms with Crippen LogP contribution < -0.4 is 4.74 Å². The summed E-state index contributed by atoms with van der Waals surface area (Å²) >= 11 is 3.65. The molecular formula is C31H29ClF12O3. The summed E-state index contributed by atoms with van der Waals surface area (Å²) in [6, 6.07) is 11.6. The normalized spacial score (nSPS) is 13.1. The Kier molecular flexibility index (Phi) is 13.4. The van der Waals surface area contributed by atoms with Crippen molar-refractivity contribution < 1.29 is 67.0 Å². The molecule has 0 aliphatic heterocycles. The van der Waals surface area contributed by atoms with E-state index in [-0.39, 0.29) is 5.56 Å². The van der Waals surface area contributed by atoms with E-state index >= 15 is 0 Å². The number of esters is 1. The van der Waals surface area contributed by atoms with E-state index in [2.05, 4.69) is 35.1 Å². The van der Waals surface area contributed by atoms with E-state index in [1.807, 2.05) is 0 Å². The molecule has 2 aromatic carbocycles. The zero-order valence-electron chi connectivity index (χ0n) is 24.6. The number of halogens is 13. The van der Waals surface area contributed by atoms with E-state index in [9.17, 15) is 57.5 Å². The van der Waals surface area contributed by atoms with E-state index in [1.165, 1.54) is 31.4 Å². The Balaban J connectivity index is 1.95. The summed E-state index contributed by atoms with van der Waals surface area (Å²) in [6.45, 7) is 0.937. The molecule has 0 fully saturated rings. The smallest absolute Gasteiger partial charge is 0.393 e. The van der Waals surface area contributed by atoms with Crippen molar-refractivity contribution in [3.05, 3.63) is 65.2 Å². The third-order valence-electron chi connectivity index (χ3n) is 6.74. The first-order valence-corrected chi connectivity index (χ1v) is 14.5. The highest BCUT2D eigenvalue weighted by molar-refractivity contribution is 6.22. The van der Waals surface area contributed by atoms with Gasteiger partial charge in [0.25, 0.3) is 0 Å². The summed E-state index contributed by atoms with van der Waals surface area (Å²) in [6.07, 6.45) is 4.17. The Morgan fingerprint density at radius 3 is 1.62 bits per heavy atom.